The Kier molecular flexibility index (Phi) is 13.7. The number of aliphatic hydroxyl groups is 1. The lowest BCUT2D eigenvalue weighted by Crippen LogP contribution is -2.48. The summed E-state index contributed by atoms with van der Waals surface area (Å²) in [4.78, 5) is 36.5. The van der Waals surface area contributed by atoms with Crippen LogP contribution in [-0.4, -0.2) is 68.4 Å². The maximum Gasteiger partial charge on any atom is 0.416 e. The largest absolute Gasteiger partial charge is 0.483 e. The molecule has 2 amide bonds. The van der Waals surface area contributed by atoms with Crippen LogP contribution in [0.5, 0.6) is 0 Å². The molecule has 1 aliphatic rings. The summed E-state index contributed by atoms with van der Waals surface area (Å²) in [6.07, 6.45) is -3.78. The first-order valence-corrected chi connectivity index (χ1v) is 18.1. The smallest absolute Gasteiger partial charge is 0.416 e. The molecule has 0 radical (unpaired) electrons. The Bertz CT molecular complexity index is 2000. The molecule has 4 N–H and O–H groups in total. The van der Waals surface area contributed by atoms with Gasteiger partial charge in [-0.3, -0.25) is 14.4 Å². The molecule has 11 nitrogen and oxygen atoms in total. The van der Waals surface area contributed by atoms with Gasteiger partial charge in [-0.05, 0) is 66.4 Å². The Morgan fingerprint density at radius 1 is 0.962 bits per heavy atom. The van der Waals surface area contributed by atoms with Crippen LogP contribution >= 0.6 is 0 Å². The molecule has 0 spiro atoms. The van der Waals surface area contributed by atoms with Crippen LogP contribution in [0.3, 0.4) is 0 Å². The van der Waals surface area contributed by atoms with Crippen molar-refractivity contribution in [2.45, 2.75) is 44.1 Å². The molecule has 2 atom stereocenters. The molecule has 4 aromatic carbocycles. The minimum absolute atomic E-state index is 0.0108. The lowest BCUT2D eigenvalue weighted by atomic mass is 10.00. The van der Waals surface area contributed by atoms with Crippen molar-refractivity contribution in [2.24, 2.45) is 0 Å². The summed E-state index contributed by atoms with van der Waals surface area (Å²) < 4.78 is 80.9. The van der Waals surface area contributed by atoms with E-state index in [9.17, 15) is 40.7 Å². The summed E-state index contributed by atoms with van der Waals surface area (Å²) in [6.45, 7) is 0.0156. The number of amides is 2. The first-order chi connectivity index (χ1) is 25.1. The monoisotopic (exact) mass is 758 g/mol. The quantitative estimate of drug-likeness (QED) is 0.106. The number of sulfonamides is 1. The third-order valence-electron chi connectivity index (χ3n) is 8.17. The average molecular weight is 759 g/mol. The highest BCUT2D eigenvalue weighted by atomic mass is 32.2. The number of nitrogens with zero attached hydrogens (tertiary/aromatic N) is 2. The van der Waals surface area contributed by atoms with E-state index in [1.54, 1.807) is 12.1 Å². The van der Waals surface area contributed by atoms with Crippen molar-refractivity contribution in [3.05, 3.63) is 125 Å². The highest BCUT2D eigenvalue weighted by Crippen LogP contribution is 2.35. The Balaban J connectivity index is 0.00000202. The van der Waals surface area contributed by atoms with E-state index in [0.29, 0.717) is 18.5 Å². The average Bonchev–Trinajstić information content (AvgIpc) is 3.53. The fourth-order valence-electron chi connectivity index (χ4n) is 5.82. The summed E-state index contributed by atoms with van der Waals surface area (Å²) in [6, 6.07) is 22.1. The van der Waals surface area contributed by atoms with Gasteiger partial charge in [0.1, 0.15) is 5.82 Å². The molecule has 0 aromatic heterocycles. The maximum absolute atomic E-state index is 14.3. The summed E-state index contributed by atoms with van der Waals surface area (Å²) in [5.41, 5.74) is 0.547. The van der Waals surface area contributed by atoms with Gasteiger partial charge in [-0.15, -0.1) is 0 Å². The first kappa shape index (κ1) is 40.5. The number of anilines is 3. The molecule has 1 aliphatic heterocycles. The Morgan fingerprint density at radius 2 is 1.64 bits per heavy atom. The second kappa shape index (κ2) is 17.9. The third-order valence-corrected chi connectivity index (χ3v) is 9.26. The fraction of sp³-hybridized carbons (Fsp3) is 0.270. The van der Waals surface area contributed by atoms with Crippen molar-refractivity contribution in [1.82, 2.24) is 10.6 Å². The lowest BCUT2D eigenvalue weighted by Gasteiger charge is -2.27. The Labute approximate surface area is 303 Å². The van der Waals surface area contributed by atoms with E-state index in [4.69, 9.17) is 9.90 Å². The Morgan fingerprint density at radius 3 is 2.26 bits per heavy atom. The van der Waals surface area contributed by atoms with Crippen LogP contribution in [0, 0.1) is 5.82 Å². The van der Waals surface area contributed by atoms with Crippen molar-refractivity contribution < 1.29 is 50.6 Å². The van der Waals surface area contributed by atoms with Crippen LogP contribution in [0.15, 0.2) is 97.1 Å². The van der Waals surface area contributed by atoms with Gasteiger partial charge in [0, 0.05) is 37.3 Å². The van der Waals surface area contributed by atoms with Gasteiger partial charge >= 0.3 is 6.18 Å². The van der Waals surface area contributed by atoms with E-state index in [1.165, 1.54) is 47.4 Å². The van der Waals surface area contributed by atoms with E-state index in [1.807, 2.05) is 18.2 Å². The predicted molar refractivity (Wildman–Crippen MR) is 191 cm³/mol. The van der Waals surface area contributed by atoms with Crippen LogP contribution in [0.4, 0.5) is 34.6 Å². The molecule has 16 heteroatoms. The first-order valence-electron chi connectivity index (χ1n) is 16.3. The second-order valence-electron chi connectivity index (χ2n) is 12.2. The van der Waals surface area contributed by atoms with Crippen molar-refractivity contribution in [1.29, 1.82) is 0 Å². The number of carbonyl (C=O) groups excluding carboxylic acids is 2. The van der Waals surface area contributed by atoms with E-state index in [0.717, 1.165) is 40.4 Å². The molecule has 1 fully saturated rings. The van der Waals surface area contributed by atoms with E-state index in [-0.39, 0.29) is 60.9 Å². The predicted octanol–water partition coefficient (Wildman–Crippen LogP) is 5.26. The van der Waals surface area contributed by atoms with Gasteiger partial charge in [0.05, 0.1) is 35.3 Å². The molecular weight excluding hydrogens is 720 g/mol. The molecule has 0 unspecified atom stereocenters. The van der Waals surface area contributed by atoms with Gasteiger partial charge < -0.3 is 25.7 Å². The van der Waals surface area contributed by atoms with Crippen LogP contribution in [-0.2, 0) is 38.8 Å². The van der Waals surface area contributed by atoms with Gasteiger partial charge in [-0.25, -0.2) is 17.1 Å². The third kappa shape index (κ3) is 11.3. The molecule has 0 bridgehead atoms. The minimum Gasteiger partial charge on any atom is -0.483 e. The fourth-order valence-corrected chi connectivity index (χ4v) is 6.81. The minimum atomic E-state index is -4.50. The van der Waals surface area contributed by atoms with Crippen LogP contribution in [0.25, 0.3) is 0 Å². The van der Waals surface area contributed by atoms with Crippen LogP contribution < -0.4 is 19.8 Å². The van der Waals surface area contributed by atoms with Crippen LogP contribution in [0.2, 0.25) is 0 Å². The van der Waals surface area contributed by atoms with E-state index >= 15 is 0 Å². The maximum atomic E-state index is 14.3. The molecule has 5 rings (SSSR count). The second-order valence-corrected chi connectivity index (χ2v) is 14.0. The summed E-state index contributed by atoms with van der Waals surface area (Å²) >= 11 is 0. The highest BCUT2D eigenvalue weighted by Gasteiger charge is 2.31. The van der Waals surface area contributed by atoms with Crippen molar-refractivity contribution >= 4 is 45.4 Å². The molecule has 0 saturated carbocycles. The zero-order valence-electron chi connectivity index (χ0n) is 28.5. The van der Waals surface area contributed by atoms with Crippen molar-refractivity contribution in [3.8, 4) is 0 Å². The van der Waals surface area contributed by atoms with Gasteiger partial charge in [0.25, 0.3) is 12.4 Å². The normalized spacial score (nSPS) is 14.2. The Hall–Kier alpha value is -5.32. The standard InChI is InChI=1S/C36H36F4N4O5S.CH2O2/c1-50(48,49)44(29-13-6-12-28(37)20-29)31-19-26(18-30(21-31)43-15-7-14-34(43)46)35(47)42-32(17-24-8-3-2-4-9-24)33(45)23-41-22-25-10-5-11-27(16-25)36(38,39)40;2-1-3/h2-6,8-13,16,18-21,32-33,41,45H,7,14-15,17,22-23H2,1H3,(H,42,47);1H,(H,2,3)/t32-,33+;/m0./s1. The van der Waals surface area contributed by atoms with Crippen LogP contribution in [0.1, 0.15) is 39.9 Å². The number of hydrogen-bond donors (Lipinski definition) is 4. The van der Waals surface area contributed by atoms with Gasteiger partial charge in [0.15, 0.2) is 0 Å². The van der Waals surface area contributed by atoms with E-state index in [2.05, 4.69) is 10.6 Å². The van der Waals surface area contributed by atoms with E-state index < -0.39 is 45.6 Å². The molecule has 282 valence electrons. The summed E-state index contributed by atoms with van der Waals surface area (Å²) in [7, 11) is -4.08. The van der Waals surface area contributed by atoms with Gasteiger partial charge in [-0.1, -0.05) is 54.6 Å². The topological polar surface area (TPSA) is 156 Å². The molecule has 1 saturated heterocycles. The number of benzene rings is 4. The number of carboxylic acid groups (broad SMARTS) is 1. The number of aliphatic hydroxyl groups excluding tert-OH is 1. The number of nitrogens with one attached hydrogen (secondary N) is 2. The number of carbonyl (C=O) groups is 3. The zero-order chi connectivity index (χ0) is 38.8. The zero-order valence-corrected chi connectivity index (χ0v) is 29.3. The summed E-state index contributed by atoms with van der Waals surface area (Å²) in [5.74, 6) is -1.58. The molecular formula is C37H38F4N4O7S. The molecule has 53 heavy (non-hydrogen) atoms. The number of halogens is 4. The number of rotatable bonds is 13. The highest BCUT2D eigenvalue weighted by molar-refractivity contribution is 7.92. The van der Waals surface area contributed by atoms with Gasteiger partial charge in [-0.2, -0.15) is 13.2 Å². The number of alkyl halides is 3. The van der Waals surface area contributed by atoms with Crippen molar-refractivity contribution in [2.75, 3.05) is 28.6 Å². The molecule has 0 aliphatic carbocycles. The SMILES string of the molecule is CS(=O)(=O)N(c1cccc(F)c1)c1cc(C(=O)N[C@@H](Cc2ccccc2)[C@H](O)CNCc2cccc(C(F)(F)F)c2)cc(N2CCCC2=O)c1.O=CO. The molecule has 1 heterocycles. The lowest BCUT2D eigenvalue weighted by molar-refractivity contribution is -0.137. The number of hydrogen-bond acceptors (Lipinski definition) is 7. The van der Waals surface area contributed by atoms with Crippen molar-refractivity contribution in [3.63, 3.8) is 0 Å². The van der Waals surface area contributed by atoms with Gasteiger partial charge in [0.2, 0.25) is 15.9 Å². The summed E-state index contributed by atoms with van der Waals surface area (Å²) in [5, 5.41) is 24.0. The molecule has 4 aromatic rings.